The molecule has 6 heteroatoms. The van der Waals surface area contributed by atoms with Gasteiger partial charge in [0.2, 0.25) is 0 Å². The molecule has 0 aliphatic carbocycles. The fraction of sp³-hybridized carbons (Fsp3) is 0. The summed E-state index contributed by atoms with van der Waals surface area (Å²) in [6.45, 7) is 0. The van der Waals surface area contributed by atoms with E-state index in [0.29, 0.717) is 0 Å². The van der Waals surface area contributed by atoms with E-state index in [1.165, 1.54) is 0 Å². The van der Waals surface area contributed by atoms with Gasteiger partial charge in [-0.2, -0.15) is 0 Å². The summed E-state index contributed by atoms with van der Waals surface area (Å²) in [5.74, 6) is 0. The van der Waals surface area contributed by atoms with Crippen LogP contribution in [0.5, 0.6) is 0 Å². The number of hydrogen-bond donors (Lipinski definition) is 1. The van der Waals surface area contributed by atoms with Gasteiger partial charge in [-0.05, 0) is 0 Å². The molecule has 0 atom stereocenters. The first-order valence-electron chi connectivity index (χ1n) is 0.924. The van der Waals surface area contributed by atoms with Crippen LogP contribution in [-0.4, -0.2) is 30.3 Å². The van der Waals surface area contributed by atoms with E-state index in [4.69, 9.17) is 4.55 Å². The predicted molar refractivity (Wildman–Crippen MR) is 20.1 cm³/mol. The molecule has 0 unspecified atom stereocenters. The number of rotatable bonds is 0. The first-order valence-corrected chi connectivity index (χ1v) is 7.91. The molecule has 0 rings (SSSR count). The van der Waals surface area contributed by atoms with E-state index in [2.05, 4.69) is 0 Å². The van der Waals surface area contributed by atoms with Crippen molar-refractivity contribution in [3.05, 3.63) is 0 Å². The van der Waals surface area contributed by atoms with Gasteiger partial charge in [0.05, 0.1) is 0 Å². The summed E-state index contributed by atoms with van der Waals surface area (Å²) in [4.78, 5) is 0. The van der Waals surface area contributed by atoms with Crippen LogP contribution < -0.4 is 0 Å². The molecule has 6 heavy (non-hydrogen) atoms. The summed E-state index contributed by atoms with van der Waals surface area (Å²) in [7, 11) is -3.48. The second-order valence-corrected chi connectivity index (χ2v) is 8.69. The van der Waals surface area contributed by atoms with Crippen molar-refractivity contribution in [1.82, 2.24) is 0 Å². The summed E-state index contributed by atoms with van der Waals surface area (Å²) >= 11 is -0.472. The van der Waals surface area contributed by atoms with Crippen LogP contribution in [-0.2, 0) is 30.4 Å². The Bertz CT molecular complexity index is 94.0. The van der Waals surface area contributed by atoms with Gasteiger partial charge >= 0.3 is 38.4 Å². The van der Waals surface area contributed by atoms with Crippen LogP contribution in [0.4, 0.5) is 0 Å². The van der Waals surface area contributed by atoms with Crippen LogP contribution >= 0.6 is 0 Å². The predicted octanol–water partition coefficient (Wildman–Crippen LogP) is -1.58. The molecule has 0 aromatic carbocycles. The van der Waals surface area contributed by atoms with Crippen molar-refractivity contribution in [3.8, 4) is 0 Å². The normalized spacial score (nSPS) is 9.50. The van der Waals surface area contributed by atoms with Gasteiger partial charge in [0.25, 0.3) is 0 Å². The monoisotopic (exact) mass is 259 g/mol. The molecular formula is H3AgGaO3S. The number of hydrogen-bond acceptors (Lipinski definition) is 2. The van der Waals surface area contributed by atoms with Gasteiger partial charge in [-0.25, -0.2) is 0 Å². The topological polar surface area (TPSA) is 54.4 Å². The van der Waals surface area contributed by atoms with Crippen molar-refractivity contribution in [2.75, 3.05) is 0 Å². The van der Waals surface area contributed by atoms with E-state index < -0.39 is 25.4 Å². The second-order valence-electron chi connectivity index (χ2n) is 0.733. The Balaban J connectivity index is 0. The van der Waals surface area contributed by atoms with Crippen LogP contribution in [0.1, 0.15) is 0 Å². The van der Waals surface area contributed by atoms with Crippen LogP contribution in [0.2, 0.25) is 0 Å². The Morgan fingerprint density at radius 2 is 1.50 bits per heavy atom. The van der Waals surface area contributed by atoms with Crippen molar-refractivity contribution >= 4 is 25.4 Å². The molecule has 0 aliphatic heterocycles. The Kier molecular flexibility index (Phi) is 5.68. The van der Waals surface area contributed by atoms with Gasteiger partial charge in [0, 0.05) is 22.4 Å². The molecule has 41 valence electrons. The molecule has 0 saturated carbocycles. The summed E-state index contributed by atoms with van der Waals surface area (Å²) < 4.78 is 26.1. The molecule has 0 heterocycles. The van der Waals surface area contributed by atoms with Gasteiger partial charge in [-0.15, -0.1) is 0 Å². The molecule has 0 fully saturated rings. The van der Waals surface area contributed by atoms with Gasteiger partial charge in [-0.3, -0.25) is 0 Å². The second kappa shape index (κ2) is 3.31. The van der Waals surface area contributed by atoms with Crippen molar-refractivity contribution < 1.29 is 35.4 Å². The Labute approximate surface area is 60.5 Å². The summed E-state index contributed by atoms with van der Waals surface area (Å²) in [6, 6.07) is 0. The Morgan fingerprint density at radius 3 is 1.50 bits per heavy atom. The quantitative estimate of drug-likeness (QED) is 0.423. The molecule has 1 N–H and O–H groups in total. The molecule has 0 spiro atoms. The van der Waals surface area contributed by atoms with E-state index in [-0.39, 0.29) is 22.4 Å². The minimum Gasteiger partial charge on any atom is 0 e. The molecule has 0 aliphatic rings. The van der Waals surface area contributed by atoms with Crippen molar-refractivity contribution in [2.24, 2.45) is 0 Å². The zero-order valence-corrected chi connectivity index (χ0v) is 9.47. The fourth-order valence-electron chi connectivity index (χ4n) is 0. The zero-order valence-electron chi connectivity index (χ0n) is 2.97. The van der Waals surface area contributed by atoms with E-state index in [1.807, 2.05) is 0 Å². The van der Waals surface area contributed by atoms with Crippen molar-refractivity contribution in [1.29, 1.82) is 0 Å². The maximum absolute atomic E-state index is 9.27. The van der Waals surface area contributed by atoms with E-state index in [0.717, 1.165) is 0 Å². The minimum atomic E-state index is -3.48. The summed E-state index contributed by atoms with van der Waals surface area (Å²) in [6.07, 6.45) is 0. The first-order chi connectivity index (χ1) is 2.00. The molecule has 0 amide bonds. The maximum atomic E-state index is 9.27. The molecule has 0 saturated heterocycles. The molecule has 3 nitrogen and oxygen atoms in total. The largest absolute Gasteiger partial charge is 0 e. The third kappa shape index (κ3) is 58.7. The average Bonchev–Trinajstić information content (AvgIpc) is 0.722. The van der Waals surface area contributed by atoms with Crippen LogP contribution in [0, 0.1) is 0 Å². The Hall–Kier alpha value is 1.29. The standard InChI is InChI=1S/Ag.Ga.HO3S.2H/c;;1-4(2)3;;/h;;(H,1,2,3);;. The maximum Gasteiger partial charge on any atom is 0 e. The van der Waals surface area contributed by atoms with Crippen molar-refractivity contribution in [2.45, 2.75) is 0 Å². The smallest absolute Gasteiger partial charge is 0 e. The fourth-order valence-corrected chi connectivity index (χ4v) is 0. The van der Waals surface area contributed by atoms with Gasteiger partial charge < -0.3 is 0 Å². The van der Waals surface area contributed by atoms with Crippen LogP contribution in [0.25, 0.3) is 0 Å². The molecule has 0 aromatic heterocycles. The molecule has 1 radical (unpaired) electrons. The van der Waals surface area contributed by atoms with Crippen LogP contribution in [0.3, 0.4) is 0 Å². The third-order valence-electron chi connectivity index (χ3n) is 0. The van der Waals surface area contributed by atoms with E-state index >= 15 is 0 Å². The molecule has 0 bridgehead atoms. The average molecular weight is 261 g/mol. The summed E-state index contributed by atoms with van der Waals surface area (Å²) in [5, 5.41) is 0. The van der Waals surface area contributed by atoms with Crippen LogP contribution in [0.15, 0.2) is 0 Å². The molecular weight excluding hydrogens is 258 g/mol. The van der Waals surface area contributed by atoms with E-state index in [1.54, 1.807) is 0 Å². The SMILES string of the molecule is O=[S](=O)(O)[GaH2].[Ag]. The molecule has 0 aromatic rings. The van der Waals surface area contributed by atoms with Gasteiger partial charge in [0.15, 0.2) is 0 Å². The van der Waals surface area contributed by atoms with Crippen molar-refractivity contribution in [3.63, 3.8) is 0 Å². The third-order valence-corrected chi connectivity index (χ3v) is 0. The minimum absolute atomic E-state index is 0. The Morgan fingerprint density at radius 1 is 1.50 bits per heavy atom. The van der Waals surface area contributed by atoms with E-state index in [9.17, 15) is 8.42 Å². The first kappa shape index (κ1) is 10.3. The van der Waals surface area contributed by atoms with Gasteiger partial charge in [-0.1, -0.05) is 0 Å². The van der Waals surface area contributed by atoms with Gasteiger partial charge in [0.1, 0.15) is 0 Å². The summed E-state index contributed by atoms with van der Waals surface area (Å²) in [5.41, 5.74) is 0. The zero-order chi connectivity index (χ0) is 4.50.